The van der Waals surface area contributed by atoms with Crippen molar-refractivity contribution in [2.45, 2.75) is 64.1 Å². The van der Waals surface area contributed by atoms with Crippen LogP contribution in [0.25, 0.3) is 0 Å². The second-order valence-electron chi connectivity index (χ2n) is 4.63. The van der Waals surface area contributed by atoms with Crippen LogP contribution in [0.3, 0.4) is 0 Å². The predicted molar refractivity (Wildman–Crippen MR) is 74.5 cm³/mol. The van der Waals surface area contributed by atoms with Gasteiger partial charge in [0.05, 0.1) is 0 Å². The Morgan fingerprint density at radius 1 is 0.889 bits per heavy atom. The van der Waals surface area contributed by atoms with Gasteiger partial charge in [0.1, 0.15) is 6.17 Å². The third-order valence-corrected chi connectivity index (χ3v) is 6.08. The number of halogens is 1. The Morgan fingerprint density at radius 2 is 1.44 bits per heavy atom. The topological polar surface area (TPSA) is 27.7 Å². The van der Waals surface area contributed by atoms with E-state index in [4.69, 9.17) is 13.3 Å². The summed E-state index contributed by atoms with van der Waals surface area (Å²) >= 11 is 0. The summed E-state index contributed by atoms with van der Waals surface area (Å²) in [6.07, 6.45) is 6.15. The summed E-state index contributed by atoms with van der Waals surface area (Å²) in [5.74, 6) is 0. The van der Waals surface area contributed by atoms with E-state index in [9.17, 15) is 4.39 Å². The van der Waals surface area contributed by atoms with Gasteiger partial charge in [-0.1, -0.05) is 39.0 Å². The zero-order valence-corrected chi connectivity index (χ0v) is 13.3. The molecule has 0 spiro atoms. The number of rotatable bonds is 12. The molecule has 0 rings (SSSR count). The molecular weight excluding hydrogens is 251 g/mol. The molecule has 1 atom stereocenters. The van der Waals surface area contributed by atoms with Gasteiger partial charge in [-0.05, 0) is 12.8 Å². The highest BCUT2D eigenvalue weighted by atomic mass is 28.4. The van der Waals surface area contributed by atoms with Crippen molar-refractivity contribution in [2.75, 3.05) is 21.3 Å². The Labute approximate surface area is 112 Å². The minimum Gasteiger partial charge on any atom is -0.377 e. The quantitative estimate of drug-likeness (QED) is 0.400. The van der Waals surface area contributed by atoms with Crippen LogP contribution in [0.2, 0.25) is 6.04 Å². The van der Waals surface area contributed by atoms with Gasteiger partial charge in [0, 0.05) is 27.4 Å². The van der Waals surface area contributed by atoms with Gasteiger partial charge in [0.15, 0.2) is 0 Å². The number of alkyl halides is 1. The molecule has 0 aliphatic carbocycles. The minimum absolute atomic E-state index is 0.468. The van der Waals surface area contributed by atoms with Crippen molar-refractivity contribution < 1.29 is 17.7 Å². The van der Waals surface area contributed by atoms with Crippen molar-refractivity contribution in [3.63, 3.8) is 0 Å². The summed E-state index contributed by atoms with van der Waals surface area (Å²) in [6.45, 7) is 2.18. The van der Waals surface area contributed by atoms with Gasteiger partial charge in [-0.15, -0.1) is 0 Å². The SMILES string of the molecule is CCCCCCCC(F)CC[Si](OC)(OC)OC. The third kappa shape index (κ3) is 7.46. The van der Waals surface area contributed by atoms with E-state index in [-0.39, 0.29) is 0 Å². The molecule has 0 saturated heterocycles. The van der Waals surface area contributed by atoms with Gasteiger partial charge in [-0.3, -0.25) is 0 Å². The van der Waals surface area contributed by atoms with Crippen molar-refractivity contribution in [2.24, 2.45) is 0 Å². The monoisotopic (exact) mass is 280 g/mol. The van der Waals surface area contributed by atoms with E-state index < -0.39 is 15.0 Å². The Morgan fingerprint density at radius 3 is 1.94 bits per heavy atom. The largest absolute Gasteiger partial charge is 0.500 e. The van der Waals surface area contributed by atoms with E-state index >= 15 is 0 Å². The van der Waals surface area contributed by atoms with Crippen LogP contribution in [0.15, 0.2) is 0 Å². The first-order valence-electron chi connectivity index (χ1n) is 6.93. The van der Waals surface area contributed by atoms with Crippen LogP contribution in [-0.4, -0.2) is 36.3 Å². The highest BCUT2D eigenvalue weighted by Gasteiger charge is 2.37. The molecule has 0 aliphatic heterocycles. The van der Waals surface area contributed by atoms with Crippen LogP contribution in [0, 0.1) is 0 Å². The average molecular weight is 280 g/mol. The second-order valence-corrected chi connectivity index (χ2v) is 7.73. The van der Waals surface area contributed by atoms with E-state index in [0.29, 0.717) is 18.9 Å². The van der Waals surface area contributed by atoms with Crippen molar-refractivity contribution in [1.29, 1.82) is 0 Å². The van der Waals surface area contributed by atoms with Gasteiger partial charge in [0.25, 0.3) is 0 Å². The lowest BCUT2D eigenvalue weighted by molar-refractivity contribution is 0.119. The first kappa shape index (κ1) is 18.0. The van der Waals surface area contributed by atoms with Crippen molar-refractivity contribution in [3.8, 4) is 0 Å². The van der Waals surface area contributed by atoms with Crippen molar-refractivity contribution in [3.05, 3.63) is 0 Å². The molecule has 0 radical (unpaired) electrons. The fourth-order valence-corrected chi connectivity index (χ4v) is 3.78. The van der Waals surface area contributed by atoms with Crippen molar-refractivity contribution >= 4 is 8.80 Å². The maximum absolute atomic E-state index is 13.7. The van der Waals surface area contributed by atoms with Gasteiger partial charge < -0.3 is 13.3 Å². The fourth-order valence-electron chi connectivity index (χ4n) is 2.00. The summed E-state index contributed by atoms with van der Waals surface area (Å²) < 4.78 is 29.5. The van der Waals surface area contributed by atoms with E-state index in [1.165, 1.54) is 19.3 Å². The normalized spacial score (nSPS) is 13.8. The fraction of sp³-hybridized carbons (Fsp3) is 1.00. The number of unbranched alkanes of at least 4 members (excludes halogenated alkanes) is 4. The van der Waals surface area contributed by atoms with E-state index in [1.54, 1.807) is 21.3 Å². The Balaban J connectivity index is 3.71. The summed E-state index contributed by atoms with van der Waals surface area (Å²) in [7, 11) is 2.12. The lowest BCUT2D eigenvalue weighted by Gasteiger charge is -2.24. The number of hydrogen-bond donors (Lipinski definition) is 0. The molecular formula is C13H29FO3Si. The lowest BCUT2D eigenvalue weighted by Crippen LogP contribution is -2.43. The molecule has 0 heterocycles. The molecule has 0 saturated carbocycles. The van der Waals surface area contributed by atoms with Crippen LogP contribution in [-0.2, 0) is 13.3 Å². The number of hydrogen-bond acceptors (Lipinski definition) is 3. The second kappa shape index (κ2) is 10.9. The van der Waals surface area contributed by atoms with Crippen molar-refractivity contribution in [1.82, 2.24) is 0 Å². The smallest absolute Gasteiger partial charge is 0.377 e. The van der Waals surface area contributed by atoms with E-state index in [1.807, 2.05) is 0 Å². The molecule has 18 heavy (non-hydrogen) atoms. The molecule has 0 aromatic rings. The van der Waals surface area contributed by atoms with E-state index in [0.717, 1.165) is 12.8 Å². The summed E-state index contributed by atoms with van der Waals surface area (Å²) in [6, 6.07) is 0.548. The molecule has 0 fully saturated rings. The van der Waals surface area contributed by atoms with Gasteiger partial charge in [-0.2, -0.15) is 0 Å². The first-order valence-corrected chi connectivity index (χ1v) is 8.86. The maximum atomic E-state index is 13.7. The van der Waals surface area contributed by atoms with E-state index in [2.05, 4.69) is 6.92 Å². The highest BCUT2D eigenvalue weighted by molar-refractivity contribution is 6.60. The lowest BCUT2D eigenvalue weighted by atomic mass is 10.1. The highest BCUT2D eigenvalue weighted by Crippen LogP contribution is 2.20. The molecule has 0 aromatic carbocycles. The standard InChI is InChI=1S/C13H29FO3Si/c1-5-6-7-8-9-10-13(14)11-12-18(15-2,16-3)17-4/h13H,5-12H2,1-4H3. The summed E-state index contributed by atoms with van der Waals surface area (Å²) in [5, 5.41) is 0. The zero-order chi connectivity index (χ0) is 13.9. The summed E-state index contributed by atoms with van der Waals surface area (Å²) in [5.41, 5.74) is 0. The molecule has 110 valence electrons. The third-order valence-electron chi connectivity index (χ3n) is 3.32. The Bertz CT molecular complexity index is 181. The van der Waals surface area contributed by atoms with Gasteiger partial charge in [-0.25, -0.2) is 4.39 Å². The van der Waals surface area contributed by atoms with Crippen LogP contribution >= 0.6 is 0 Å². The van der Waals surface area contributed by atoms with Gasteiger partial charge in [0.2, 0.25) is 0 Å². The van der Waals surface area contributed by atoms with Crippen LogP contribution < -0.4 is 0 Å². The maximum Gasteiger partial charge on any atom is 0.500 e. The van der Waals surface area contributed by atoms with Crippen LogP contribution in [0.4, 0.5) is 4.39 Å². The molecule has 0 N–H and O–H groups in total. The summed E-state index contributed by atoms with van der Waals surface area (Å²) in [4.78, 5) is 0. The molecule has 1 unspecified atom stereocenters. The zero-order valence-electron chi connectivity index (χ0n) is 12.3. The molecule has 0 aromatic heterocycles. The minimum atomic E-state index is -2.58. The Hall–Kier alpha value is 0.0269. The molecule has 0 amide bonds. The van der Waals surface area contributed by atoms with Gasteiger partial charge >= 0.3 is 8.80 Å². The predicted octanol–water partition coefficient (Wildman–Crippen LogP) is 3.95. The van der Waals surface area contributed by atoms with Crippen LogP contribution in [0.1, 0.15) is 51.9 Å². The first-order chi connectivity index (χ1) is 8.64. The molecule has 3 nitrogen and oxygen atoms in total. The molecule has 0 aliphatic rings. The molecule has 5 heteroatoms. The molecule has 0 bridgehead atoms. The average Bonchev–Trinajstić information content (AvgIpc) is 2.41. The Kier molecular flexibility index (Phi) is 10.9. The van der Waals surface area contributed by atoms with Crippen LogP contribution in [0.5, 0.6) is 0 Å².